The molecule has 0 spiro atoms. The molecule has 1 rings (SSSR count). The van der Waals surface area contributed by atoms with Gasteiger partial charge in [-0.05, 0) is 12.8 Å². The number of esters is 1. The molecule has 0 heterocycles. The van der Waals surface area contributed by atoms with E-state index in [4.69, 9.17) is 4.74 Å². The van der Waals surface area contributed by atoms with Crippen molar-refractivity contribution in [2.24, 2.45) is 5.41 Å². The van der Waals surface area contributed by atoms with E-state index in [1.165, 1.54) is 7.11 Å². The average molecular weight is 194 g/mol. The lowest BCUT2D eigenvalue weighted by Crippen LogP contribution is -2.29. The maximum atomic E-state index is 11.6. The third-order valence-electron chi connectivity index (χ3n) is 2.34. The first kappa shape index (κ1) is 10.7. The van der Waals surface area contributed by atoms with Crippen molar-refractivity contribution in [1.82, 2.24) is 0 Å². The summed E-state index contributed by atoms with van der Waals surface area (Å²) in [5.74, 6) is -0.299. The summed E-state index contributed by atoms with van der Waals surface area (Å²) in [6.45, 7) is 0. The summed E-state index contributed by atoms with van der Waals surface area (Å²) < 4.78 is 4.73. The molecule has 0 aliphatic heterocycles. The molecule has 3 nitrogen and oxygen atoms in total. The quantitative estimate of drug-likeness (QED) is 0.388. The van der Waals surface area contributed by atoms with E-state index < -0.39 is 5.41 Å². The van der Waals surface area contributed by atoms with Crippen LogP contribution in [0.2, 0.25) is 0 Å². The third-order valence-corrected chi connectivity index (χ3v) is 2.34. The van der Waals surface area contributed by atoms with Gasteiger partial charge >= 0.3 is 5.97 Å². The third kappa shape index (κ3) is 2.10. The minimum atomic E-state index is -0.714. The van der Waals surface area contributed by atoms with Crippen LogP contribution in [-0.4, -0.2) is 19.4 Å². The molecule has 0 saturated heterocycles. The van der Waals surface area contributed by atoms with Gasteiger partial charge in [0.15, 0.2) is 0 Å². The number of carbonyl (C=O) groups excluding carboxylic acids is 2. The van der Waals surface area contributed by atoms with Gasteiger partial charge in [-0.3, -0.25) is 4.79 Å². The van der Waals surface area contributed by atoms with E-state index in [1.807, 2.05) is 24.3 Å². The van der Waals surface area contributed by atoms with E-state index in [1.54, 1.807) is 0 Å². The molecule has 1 aliphatic carbocycles. The van der Waals surface area contributed by atoms with Gasteiger partial charge in [-0.2, -0.15) is 0 Å². The Morgan fingerprint density at radius 2 is 2.14 bits per heavy atom. The Labute approximate surface area is 83.4 Å². The van der Waals surface area contributed by atoms with Gasteiger partial charge in [0.2, 0.25) is 0 Å². The van der Waals surface area contributed by atoms with Crippen LogP contribution in [0.4, 0.5) is 0 Å². The zero-order valence-electron chi connectivity index (χ0n) is 8.23. The largest absolute Gasteiger partial charge is 0.468 e. The van der Waals surface area contributed by atoms with Gasteiger partial charge in [0.25, 0.3) is 0 Å². The fraction of sp³-hybridized carbons (Fsp3) is 0.455. The highest BCUT2D eigenvalue weighted by atomic mass is 16.5. The summed E-state index contributed by atoms with van der Waals surface area (Å²) >= 11 is 0. The minimum absolute atomic E-state index is 0.299. The normalized spacial score (nSPS) is 17.8. The topological polar surface area (TPSA) is 43.4 Å². The Morgan fingerprint density at radius 3 is 2.64 bits per heavy atom. The van der Waals surface area contributed by atoms with Crippen LogP contribution in [0.25, 0.3) is 0 Å². The zero-order valence-corrected chi connectivity index (χ0v) is 8.23. The van der Waals surface area contributed by atoms with Crippen molar-refractivity contribution in [3.05, 3.63) is 24.3 Å². The molecule has 3 heteroatoms. The second-order valence-corrected chi connectivity index (χ2v) is 3.28. The summed E-state index contributed by atoms with van der Waals surface area (Å²) in [7, 11) is 1.36. The molecule has 0 atom stereocenters. The summed E-state index contributed by atoms with van der Waals surface area (Å²) in [6.07, 6.45) is 9.98. The minimum Gasteiger partial charge on any atom is -0.468 e. The van der Waals surface area contributed by atoms with Crippen molar-refractivity contribution in [2.75, 3.05) is 7.11 Å². The Hall–Kier alpha value is -1.38. The monoisotopic (exact) mass is 194 g/mol. The second-order valence-electron chi connectivity index (χ2n) is 3.28. The first-order chi connectivity index (χ1) is 6.75. The van der Waals surface area contributed by atoms with Crippen molar-refractivity contribution in [1.29, 1.82) is 0 Å². The van der Waals surface area contributed by atoms with Crippen LogP contribution in [0.1, 0.15) is 19.3 Å². The van der Waals surface area contributed by atoms with E-state index in [-0.39, 0.29) is 5.97 Å². The molecule has 0 unspecified atom stereocenters. The molecule has 0 saturated carbocycles. The first-order valence-electron chi connectivity index (χ1n) is 4.62. The number of carbonyl (C=O) groups is 2. The molecule has 0 fully saturated rings. The summed E-state index contributed by atoms with van der Waals surface area (Å²) in [4.78, 5) is 21.9. The predicted octanol–water partition coefficient (Wildman–Crippen LogP) is 1.64. The highest BCUT2D eigenvalue weighted by molar-refractivity contribution is 5.82. The van der Waals surface area contributed by atoms with Crippen LogP contribution in [0.3, 0.4) is 0 Å². The second kappa shape index (κ2) is 4.74. The fourth-order valence-corrected chi connectivity index (χ4v) is 1.58. The molecule has 0 aromatic heterocycles. The van der Waals surface area contributed by atoms with Crippen LogP contribution in [-0.2, 0) is 14.3 Å². The van der Waals surface area contributed by atoms with E-state index in [9.17, 15) is 9.59 Å². The lowest BCUT2D eigenvalue weighted by Gasteiger charge is -2.25. The highest BCUT2D eigenvalue weighted by Crippen LogP contribution is 2.31. The van der Waals surface area contributed by atoms with Crippen LogP contribution < -0.4 is 0 Å². The molecule has 14 heavy (non-hydrogen) atoms. The zero-order chi connectivity index (χ0) is 10.4. The van der Waals surface area contributed by atoms with Crippen molar-refractivity contribution in [2.45, 2.75) is 19.3 Å². The lowest BCUT2D eigenvalue weighted by molar-refractivity contribution is -0.147. The number of aldehydes is 1. The molecule has 0 radical (unpaired) electrons. The van der Waals surface area contributed by atoms with Crippen molar-refractivity contribution in [3.8, 4) is 0 Å². The summed E-state index contributed by atoms with van der Waals surface area (Å²) in [6, 6.07) is 0. The van der Waals surface area contributed by atoms with Gasteiger partial charge in [0, 0.05) is 6.42 Å². The van der Waals surface area contributed by atoms with Crippen LogP contribution in [0.15, 0.2) is 24.3 Å². The van der Waals surface area contributed by atoms with Crippen molar-refractivity contribution < 1.29 is 14.3 Å². The fourth-order valence-electron chi connectivity index (χ4n) is 1.58. The average Bonchev–Trinajstić information content (AvgIpc) is 2.26. The number of rotatable bonds is 4. The van der Waals surface area contributed by atoms with Crippen molar-refractivity contribution in [3.63, 3.8) is 0 Å². The molecule has 0 aromatic carbocycles. The number of ether oxygens (including phenoxy) is 1. The molecule has 0 N–H and O–H groups in total. The van der Waals surface area contributed by atoms with Gasteiger partial charge < -0.3 is 9.53 Å². The van der Waals surface area contributed by atoms with Crippen molar-refractivity contribution >= 4 is 12.3 Å². The Bertz CT molecular complexity index is 264. The molecular formula is C11H14O3. The standard InChI is InChI=1S/C11H14O3/c1-14-10(13)11(8-5-9-12)6-3-2-4-7-11/h3-4,6-7,9H,2,5,8H2,1H3. The Kier molecular flexibility index (Phi) is 3.63. The molecule has 0 amide bonds. The smallest absolute Gasteiger partial charge is 0.319 e. The van der Waals surface area contributed by atoms with Gasteiger partial charge in [-0.25, -0.2) is 0 Å². The van der Waals surface area contributed by atoms with E-state index in [2.05, 4.69) is 0 Å². The van der Waals surface area contributed by atoms with E-state index in [0.29, 0.717) is 12.8 Å². The van der Waals surface area contributed by atoms with Gasteiger partial charge in [0.05, 0.1) is 7.11 Å². The van der Waals surface area contributed by atoms with Crippen LogP contribution in [0, 0.1) is 5.41 Å². The van der Waals surface area contributed by atoms with Gasteiger partial charge in [-0.15, -0.1) is 0 Å². The first-order valence-corrected chi connectivity index (χ1v) is 4.62. The highest BCUT2D eigenvalue weighted by Gasteiger charge is 2.34. The van der Waals surface area contributed by atoms with Gasteiger partial charge in [-0.1, -0.05) is 24.3 Å². The van der Waals surface area contributed by atoms with Gasteiger partial charge in [0.1, 0.15) is 11.7 Å². The summed E-state index contributed by atoms with van der Waals surface area (Å²) in [5.41, 5.74) is -0.714. The Morgan fingerprint density at radius 1 is 1.50 bits per heavy atom. The number of hydrogen-bond donors (Lipinski definition) is 0. The SMILES string of the molecule is COC(=O)C1(CCC=O)C=CCC=C1. The van der Waals surface area contributed by atoms with E-state index >= 15 is 0 Å². The maximum absolute atomic E-state index is 11.6. The predicted molar refractivity (Wildman–Crippen MR) is 52.6 cm³/mol. The lowest BCUT2D eigenvalue weighted by atomic mass is 9.80. The maximum Gasteiger partial charge on any atom is 0.319 e. The Balaban J connectivity index is 2.83. The summed E-state index contributed by atoms with van der Waals surface area (Å²) in [5, 5.41) is 0. The van der Waals surface area contributed by atoms with E-state index in [0.717, 1.165) is 12.7 Å². The number of hydrogen-bond acceptors (Lipinski definition) is 3. The molecule has 0 aromatic rings. The molecule has 76 valence electrons. The van der Waals surface area contributed by atoms with Crippen LogP contribution >= 0.6 is 0 Å². The molecule has 0 bridgehead atoms. The van der Waals surface area contributed by atoms with Crippen LogP contribution in [0.5, 0.6) is 0 Å². The number of methoxy groups -OCH3 is 1. The molecule has 1 aliphatic rings. The molecular weight excluding hydrogens is 180 g/mol. The number of allylic oxidation sites excluding steroid dienone is 2.